The highest BCUT2D eigenvalue weighted by molar-refractivity contribution is 7.89. The van der Waals surface area contributed by atoms with Crippen molar-refractivity contribution in [2.45, 2.75) is 63.9 Å². The summed E-state index contributed by atoms with van der Waals surface area (Å²) in [6, 6.07) is 8.97. The van der Waals surface area contributed by atoms with Crippen molar-refractivity contribution in [1.82, 2.24) is 18.8 Å². The Kier molecular flexibility index (Phi) is 6.90. The highest BCUT2D eigenvalue weighted by Gasteiger charge is 2.28. The van der Waals surface area contributed by atoms with Crippen molar-refractivity contribution in [3.8, 4) is 0 Å². The summed E-state index contributed by atoms with van der Waals surface area (Å²) < 4.78 is 35.2. The number of fused-ring (bicyclic) bond motifs is 1. The molecule has 4 rings (SSSR count). The van der Waals surface area contributed by atoms with Gasteiger partial charge in [-0.2, -0.15) is 4.31 Å². The number of furan rings is 1. The minimum absolute atomic E-state index is 0.0106. The van der Waals surface area contributed by atoms with Crippen LogP contribution in [0.15, 0.2) is 39.6 Å². The van der Waals surface area contributed by atoms with Gasteiger partial charge in [-0.15, -0.1) is 0 Å². The van der Waals surface area contributed by atoms with E-state index in [2.05, 4.69) is 11.5 Å². The molecular weight excluding hydrogens is 440 g/mol. The fraction of sp³-hybridized carbons (Fsp3) is 0.500. The SMILES string of the molecule is CCCn1c(CCC(=O)N(C)Cc2ccc(C)o2)nc2cc(S(=O)(=O)N3CCCC3)ccc21. The summed E-state index contributed by atoms with van der Waals surface area (Å²) in [4.78, 5) is 19.4. The van der Waals surface area contributed by atoms with E-state index in [1.807, 2.05) is 25.1 Å². The minimum Gasteiger partial charge on any atom is -0.464 e. The number of nitrogens with zero attached hydrogens (tertiary/aromatic N) is 4. The second-order valence-electron chi connectivity index (χ2n) is 8.70. The van der Waals surface area contributed by atoms with E-state index in [0.29, 0.717) is 38.0 Å². The predicted molar refractivity (Wildman–Crippen MR) is 126 cm³/mol. The van der Waals surface area contributed by atoms with E-state index in [1.54, 1.807) is 28.4 Å². The van der Waals surface area contributed by atoms with Crippen LogP contribution in [0.1, 0.15) is 50.0 Å². The summed E-state index contributed by atoms with van der Waals surface area (Å²) in [5, 5.41) is 0. The Bertz CT molecular complexity index is 1240. The zero-order valence-electron chi connectivity index (χ0n) is 19.6. The first kappa shape index (κ1) is 23.5. The van der Waals surface area contributed by atoms with Gasteiger partial charge in [-0.05, 0) is 56.5 Å². The standard InChI is InChI=1S/C24H32N4O4S/c1-4-13-28-22-10-9-20(33(30,31)27-14-5-6-15-27)16-21(22)25-23(28)11-12-24(29)26(3)17-19-8-7-18(2)32-19/h7-10,16H,4-6,11-15,17H2,1-3H3. The molecule has 1 fully saturated rings. The minimum atomic E-state index is -3.50. The molecule has 1 aromatic carbocycles. The van der Waals surface area contributed by atoms with Crippen LogP contribution in [0.5, 0.6) is 0 Å². The maximum Gasteiger partial charge on any atom is 0.243 e. The average Bonchev–Trinajstić information content (AvgIpc) is 3.53. The second-order valence-corrected chi connectivity index (χ2v) is 10.6. The maximum atomic E-state index is 13.0. The lowest BCUT2D eigenvalue weighted by molar-refractivity contribution is -0.130. The van der Waals surface area contributed by atoms with Crippen LogP contribution in [0.3, 0.4) is 0 Å². The number of aromatic nitrogens is 2. The first-order valence-corrected chi connectivity index (χ1v) is 13.0. The van der Waals surface area contributed by atoms with Gasteiger partial charge in [0.15, 0.2) is 0 Å². The van der Waals surface area contributed by atoms with Crippen LogP contribution < -0.4 is 0 Å². The number of hydrogen-bond acceptors (Lipinski definition) is 5. The lowest BCUT2D eigenvalue weighted by Gasteiger charge is -2.16. The van der Waals surface area contributed by atoms with Gasteiger partial charge in [0.2, 0.25) is 15.9 Å². The summed E-state index contributed by atoms with van der Waals surface area (Å²) in [6.45, 7) is 6.30. The van der Waals surface area contributed by atoms with Gasteiger partial charge in [0.1, 0.15) is 17.3 Å². The number of carbonyl (C=O) groups excluding carboxylic acids is 1. The van der Waals surface area contributed by atoms with Crippen molar-refractivity contribution < 1.29 is 17.6 Å². The Morgan fingerprint density at radius 2 is 1.94 bits per heavy atom. The molecule has 9 heteroatoms. The van der Waals surface area contributed by atoms with Crippen LogP contribution in [-0.2, 0) is 34.3 Å². The first-order valence-electron chi connectivity index (χ1n) is 11.6. The summed E-state index contributed by atoms with van der Waals surface area (Å²) in [5.41, 5.74) is 1.56. The molecule has 0 radical (unpaired) electrons. The van der Waals surface area contributed by atoms with Gasteiger partial charge in [-0.3, -0.25) is 4.79 Å². The van der Waals surface area contributed by atoms with Gasteiger partial charge in [0.25, 0.3) is 0 Å². The lowest BCUT2D eigenvalue weighted by atomic mass is 10.2. The van der Waals surface area contributed by atoms with Crippen LogP contribution in [0.25, 0.3) is 11.0 Å². The molecule has 1 amide bonds. The molecule has 0 N–H and O–H groups in total. The Balaban J connectivity index is 1.52. The van der Waals surface area contributed by atoms with E-state index in [0.717, 1.165) is 48.7 Å². The Labute approximate surface area is 195 Å². The van der Waals surface area contributed by atoms with Gasteiger partial charge in [-0.1, -0.05) is 6.92 Å². The van der Waals surface area contributed by atoms with Gasteiger partial charge < -0.3 is 13.9 Å². The van der Waals surface area contributed by atoms with Crippen LogP contribution in [0, 0.1) is 6.92 Å². The van der Waals surface area contributed by atoms with Gasteiger partial charge in [-0.25, -0.2) is 13.4 Å². The van der Waals surface area contributed by atoms with E-state index in [-0.39, 0.29) is 10.8 Å². The molecule has 1 saturated heterocycles. The van der Waals surface area contributed by atoms with E-state index in [1.165, 1.54) is 0 Å². The summed E-state index contributed by atoms with van der Waals surface area (Å²) in [5.74, 6) is 2.40. The molecule has 3 aromatic rings. The molecule has 0 atom stereocenters. The first-order chi connectivity index (χ1) is 15.8. The third-order valence-corrected chi connectivity index (χ3v) is 8.02. The van der Waals surface area contributed by atoms with Crippen LogP contribution in [0.4, 0.5) is 0 Å². The number of rotatable bonds is 9. The zero-order valence-corrected chi connectivity index (χ0v) is 20.4. The molecule has 0 aliphatic carbocycles. The Hall–Kier alpha value is -2.65. The zero-order chi connectivity index (χ0) is 23.6. The van der Waals surface area contributed by atoms with Crippen molar-refractivity contribution in [2.75, 3.05) is 20.1 Å². The smallest absolute Gasteiger partial charge is 0.243 e. The Morgan fingerprint density at radius 3 is 2.61 bits per heavy atom. The molecule has 33 heavy (non-hydrogen) atoms. The maximum absolute atomic E-state index is 13.0. The van der Waals surface area contributed by atoms with Crippen molar-refractivity contribution in [1.29, 1.82) is 0 Å². The van der Waals surface area contributed by atoms with Crippen LogP contribution >= 0.6 is 0 Å². The molecule has 1 aliphatic rings. The Morgan fingerprint density at radius 1 is 1.18 bits per heavy atom. The molecule has 0 bridgehead atoms. The van der Waals surface area contributed by atoms with E-state index < -0.39 is 10.0 Å². The van der Waals surface area contributed by atoms with Crippen molar-refractivity contribution >= 4 is 27.0 Å². The van der Waals surface area contributed by atoms with E-state index >= 15 is 0 Å². The molecule has 178 valence electrons. The fourth-order valence-electron chi connectivity index (χ4n) is 4.36. The third-order valence-electron chi connectivity index (χ3n) is 6.13. The monoisotopic (exact) mass is 472 g/mol. The quantitative estimate of drug-likeness (QED) is 0.474. The number of carbonyl (C=O) groups is 1. The predicted octanol–water partition coefficient (Wildman–Crippen LogP) is 3.72. The summed E-state index contributed by atoms with van der Waals surface area (Å²) in [6.07, 6.45) is 3.53. The van der Waals surface area contributed by atoms with Crippen molar-refractivity contribution in [3.05, 3.63) is 47.7 Å². The fourth-order valence-corrected chi connectivity index (χ4v) is 5.90. The lowest BCUT2D eigenvalue weighted by Crippen LogP contribution is -2.27. The molecule has 0 unspecified atom stereocenters. The molecule has 8 nitrogen and oxygen atoms in total. The molecule has 2 aromatic heterocycles. The van der Waals surface area contributed by atoms with Crippen molar-refractivity contribution in [3.63, 3.8) is 0 Å². The highest BCUT2D eigenvalue weighted by Crippen LogP contribution is 2.26. The van der Waals surface area contributed by atoms with Gasteiger partial charge in [0, 0.05) is 39.5 Å². The molecule has 0 saturated carbocycles. The third kappa shape index (κ3) is 4.99. The normalized spacial score (nSPS) is 14.9. The van der Waals surface area contributed by atoms with Crippen LogP contribution in [-0.4, -0.2) is 53.2 Å². The second kappa shape index (κ2) is 9.69. The average molecular weight is 473 g/mol. The number of benzene rings is 1. The van der Waals surface area contributed by atoms with E-state index in [9.17, 15) is 13.2 Å². The van der Waals surface area contributed by atoms with Gasteiger partial charge >= 0.3 is 0 Å². The number of imidazole rings is 1. The summed E-state index contributed by atoms with van der Waals surface area (Å²) >= 11 is 0. The highest BCUT2D eigenvalue weighted by atomic mass is 32.2. The number of sulfonamides is 1. The largest absolute Gasteiger partial charge is 0.464 e. The number of hydrogen-bond donors (Lipinski definition) is 0. The van der Waals surface area contributed by atoms with E-state index in [4.69, 9.17) is 9.40 Å². The van der Waals surface area contributed by atoms with Gasteiger partial charge in [0.05, 0.1) is 22.5 Å². The molecular formula is C24H32N4O4S. The summed E-state index contributed by atoms with van der Waals surface area (Å²) in [7, 11) is -1.73. The topological polar surface area (TPSA) is 88.6 Å². The number of aryl methyl sites for hydroxylation is 3. The van der Waals surface area contributed by atoms with Crippen LogP contribution in [0.2, 0.25) is 0 Å². The number of amides is 1. The molecule has 0 spiro atoms. The van der Waals surface area contributed by atoms with Crippen molar-refractivity contribution in [2.24, 2.45) is 0 Å². The molecule has 3 heterocycles. The molecule has 1 aliphatic heterocycles.